The number of hydroxylamine groups is 2. The van der Waals surface area contributed by atoms with Crippen LogP contribution in [0.1, 0.15) is 64.7 Å². The van der Waals surface area contributed by atoms with Gasteiger partial charge in [0, 0.05) is 6.20 Å². The number of amides is 2. The molecule has 2 heterocycles. The van der Waals surface area contributed by atoms with E-state index in [9.17, 15) is 14.8 Å². The number of pyridine rings is 1. The third-order valence-electron chi connectivity index (χ3n) is 5.72. The summed E-state index contributed by atoms with van der Waals surface area (Å²) < 4.78 is 0. The van der Waals surface area contributed by atoms with Crippen molar-refractivity contribution in [2.75, 3.05) is 6.54 Å². The van der Waals surface area contributed by atoms with Crippen LogP contribution in [-0.2, 0) is 9.59 Å². The maximum Gasteiger partial charge on any atom is 0.233 e. The average Bonchev–Trinajstić information content (AvgIpc) is 3.33. The molecule has 2 amide bonds. The molecule has 1 unspecified atom stereocenters. The molecule has 0 bridgehead atoms. The number of hydrogen-bond acceptors (Lipinski definition) is 5. The Morgan fingerprint density at radius 3 is 2.76 bits per heavy atom. The van der Waals surface area contributed by atoms with Crippen LogP contribution in [0.3, 0.4) is 0 Å². The van der Waals surface area contributed by atoms with Crippen LogP contribution in [0.4, 0.5) is 0 Å². The summed E-state index contributed by atoms with van der Waals surface area (Å²) >= 11 is 0. The van der Waals surface area contributed by atoms with E-state index in [1.165, 1.54) is 12.8 Å². The molecule has 3 N–H and O–H groups in total. The molecule has 0 spiro atoms. The maximum absolute atomic E-state index is 13.2. The summed E-state index contributed by atoms with van der Waals surface area (Å²) in [6.45, 7) is 6.12. The first-order chi connectivity index (χ1) is 13.8. The smallest absolute Gasteiger partial charge is 0.233 e. The number of carbonyl (C=O) groups is 2. The third kappa shape index (κ3) is 5.32. The molecular weight excluding hydrogens is 370 g/mol. The van der Waals surface area contributed by atoms with Crippen LogP contribution < -0.4 is 5.32 Å². The quantitative estimate of drug-likeness (QED) is 0.357. The Morgan fingerprint density at radius 2 is 2.14 bits per heavy atom. The Bertz CT molecular complexity index is 805. The van der Waals surface area contributed by atoms with Crippen LogP contribution in [0.5, 0.6) is 0 Å². The topological polar surface area (TPSA) is 111 Å². The number of H-pyrrole nitrogens is 1. The average molecular weight is 402 g/mol. The highest BCUT2D eigenvalue weighted by Crippen LogP contribution is 2.34. The Morgan fingerprint density at radius 1 is 1.41 bits per heavy atom. The molecule has 3 rings (SSSR count). The van der Waals surface area contributed by atoms with Crippen molar-refractivity contribution in [3.05, 3.63) is 24.3 Å². The second-order valence-electron chi connectivity index (χ2n) is 9.13. The molecule has 8 heteroatoms. The molecular formula is C21H31N5O3. The monoisotopic (exact) mass is 401 g/mol. The Hall–Kier alpha value is -2.48. The van der Waals surface area contributed by atoms with Crippen molar-refractivity contribution in [3.8, 4) is 0 Å². The molecule has 2 aromatic rings. The lowest BCUT2D eigenvalue weighted by molar-refractivity contribution is -0.155. The molecule has 1 saturated carbocycles. The first-order valence-corrected chi connectivity index (χ1v) is 10.3. The predicted octanol–water partition coefficient (Wildman–Crippen LogP) is 3.21. The van der Waals surface area contributed by atoms with Crippen LogP contribution >= 0.6 is 0 Å². The van der Waals surface area contributed by atoms with Gasteiger partial charge in [-0.25, -0.2) is 10.0 Å². The van der Waals surface area contributed by atoms with Gasteiger partial charge in [-0.15, -0.1) is 0 Å². The van der Waals surface area contributed by atoms with E-state index in [1.54, 1.807) is 12.4 Å². The molecule has 0 radical (unpaired) electrons. The number of hydrogen-bond donors (Lipinski definition) is 3. The summed E-state index contributed by atoms with van der Waals surface area (Å²) in [5.74, 6) is 0.487. The predicted molar refractivity (Wildman–Crippen MR) is 109 cm³/mol. The fourth-order valence-electron chi connectivity index (χ4n) is 4.15. The Balaban J connectivity index is 1.81. The van der Waals surface area contributed by atoms with E-state index >= 15 is 0 Å². The standard InChI is InChI=1S/C21H31N5O3/c1-21(2,3)18(19-23-16-8-9-22-11-17(16)24-19)25-20(28)15(12-26(29)13-27)10-14-6-4-5-7-14/h8-9,11,13-15,18,29H,4-7,10,12H2,1-3H3,(H,23,24)(H,25,28)/t15?,18-/m1/s1. The van der Waals surface area contributed by atoms with Gasteiger partial charge in [-0.3, -0.25) is 19.8 Å². The molecule has 29 heavy (non-hydrogen) atoms. The molecule has 1 aliphatic carbocycles. The molecule has 1 fully saturated rings. The van der Waals surface area contributed by atoms with Gasteiger partial charge in [0.1, 0.15) is 5.82 Å². The van der Waals surface area contributed by atoms with Crippen LogP contribution in [-0.4, -0.2) is 44.1 Å². The zero-order valence-electron chi connectivity index (χ0n) is 17.4. The number of aromatic nitrogens is 3. The molecule has 1 aliphatic rings. The highest BCUT2D eigenvalue weighted by molar-refractivity contribution is 5.80. The largest absolute Gasteiger partial charge is 0.345 e. The van der Waals surface area contributed by atoms with Crippen molar-refractivity contribution >= 4 is 23.4 Å². The second kappa shape index (κ2) is 8.90. The lowest BCUT2D eigenvalue weighted by atomic mass is 9.85. The SMILES string of the molecule is CC(C)(C)[C@H](NC(=O)C(CC1CCCC1)CN(O)C=O)c1nc2ccncc2[nH]1. The van der Waals surface area contributed by atoms with Crippen LogP contribution in [0, 0.1) is 17.3 Å². The molecule has 8 nitrogen and oxygen atoms in total. The number of rotatable bonds is 8. The van der Waals surface area contributed by atoms with Crippen molar-refractivity contribution in [1.82, 2.24) is 25.3 Å². The van der Waals surface area contributed by atoms with Crippen molar-refractivity contribution in [1.29, 1.82) is 0 Å². The number of imidazole rings is 1. The maximum atomic E-state index is 13.2. The summed E-state index contributed by atoms with van der Waals surface area (Å²) in [4.78, 5) is 36.2. The fraction of sp³-hybridized carbons (Fsp3) is 0.619. The minimum Gasteiger partial charge on any atom is -0.345 e. The zero-order chi connectivity index (χ0) is 21.0. The van der Waals surface area contributed by atoms with Crippen molar-refractivity contribution < 1.29 is 14.8 Å². The second-order valence-corrected chi connectivity index (χ2v) is 9.13. The lowest BCUT2D eigenvalue weighted by Crippen LogP contribution is -2.43. The van der Waals surface area contributed by atoms with E-state index in [1.807, 2.05) is 26.8 Å². The van der Waals surface area contributed by atoms with Crippen molar-refractivity contribution in [2.45, 2.75) is 58.9 Å². The Kier molecular flexibility index (Phi) is 6.52. The fourth-order valence-corrected chi connectivity index (χ4v) is 4.15. The molecule has 2 aromatic heterocycles. The van der Waals surface area contributed by atoms with E-state index in [0.717, 1.165) is 23.9 Å². The van der Waals surface area contributed by atoms with E-state index < -0.39 is 5.92 Å². The molecule has 0 aromatic carbocycles. The Labute approximate surface area is 171 Å². The summed E-state index contributed by atoms with van der Waals surface area (Å²) in [6, 6.07) is 1.48. The number of carbonyl (C=O) groups excluding carboxylic acids is 2. The van der Waals surface area contributed by atoms with Gasteiger partial charge in [0.25, 0.3) is 0 Å². The van der Waals surface area contributed by atoms with Gasteiger partial charge in [-0.05, 0) is 23.8 Å². The summed E-state index contributed by atoms with van der Waals surface area (Å²) in [7, 11) is 0. The van der Waals surface area contributed by atoms with Crippen molar-refractivity contribution in [3.63, 3.8) is 0 Å². The van der Waals surface area contributed by atoms with E-state index in [-0.39, 0.29) is 23.9 Å². The van der Waals surface area contributed by atoms with E-state index in [0.29, 0.717) is 29.6 Å². The molecule has 0 aliphatic heterocycles. The highest BCUT2D eigenvalue weighted by Gasteiger charge is 2.34. The van der Waals surface area contributed by atoms with Gasteiger partial charge in [0.15, 0.2) is 0 Å². The molecule has 0 saturated heterocycles. The number of nitrogens with zero attached hydrogens (tertiary/aromatic N) is 3. The minimum atomic E-state index is -0.468. The normalized spacial score (nSPS) is 17.2. The van der Waals surface area contributed by atoms with E-state index in [4.69, 9.17) is 0 Å². The van der Waals surface area contributed by atoms with Gasteiger partial charge in [0.05, 0.1) is 35.7 Å². The van der Waals surface area contributed by atoms with Gasteiger partial charge in [-0.1, -0.05) is 46.5 Å². The van der Waals surface area contributed by atoms with Gasteiger partial charge >= 0.3 is 0 Å². The first-order valence-electron chi connectivity index (χ1n) is 10.3. The first kappa shape index (κ1) is 21.2. The van der Waals surface area contributed by atoms with Crippen LogP contribution in [0.2, 0.25) is 0 Å². The van der Waals surface area contributed by atoms with Gasteiger partial charge in [-0.2, -0.15) is 0 Å². The highest BCUT2D eigenvalue weighted by atomic mass is 16.5. The van der Waals surface area contributed by atoms with Gasteiger partial charge in [0.2, 0.25) is 12.3 Å². The van der Waals surface area contributed by atoms with Crippen LogP contribution in [0.15, 0.2) is 18.5 Å². The summed E-state index contributed by atoms with van der Waals surface area (Å²) in [6.07, 6.45) is 8.94. The minimum absolute atomic E-state index is 0.00720. The van der Waals surface area contributed by atoms with Crippen molar-refractivity contribution in [2.24, 2.45) is 17.3 Å². The zero-order valence-corrected chi connectivity index (χ0v) is 17.4. The lowest BCUT2D eigenvalue weighted by Gasteiger charge is -2.32. The molecule has 2 atom stereocenters. The summed E-state index contributed by atoms with van der Waals surface area (Å²) in [5.41, 5.74) is 1.32. The number of fused-ring (bicyclic) bond motifs is 1. The summed E-state index contributed by atoms with van der Waals surface area (Å²) in [5, 5.41) is 13.4. The number of nitrogens with one attached hydrogen (secondary N) is 2. The van der Waals surface area contributed by atoms with Crippen LogP contribution in [0.25, 0.3) is 11.0 Å². The number of aromatic amines is 1. The third-order valence-corrected chi connectivity index (χ3v) is 5.72. The van der Waals surface area contributed by atoms with E-state index in [2.05, 4.69) is 20.3 Å². The molecule has 158 valence electrons. The van der Waals surface area contributed by atoms with Gasteiger partial charge < -0.3 is 10.3 Å².